The van der Waals surface area contributed by atoms with Crippen LogP contribution in [0, 0.1) is 0 Å². The highest BCUT2D eigenvalue weighted by molar-refractivity contribution is 6.04. The van der Waals surface area contributed by atoms with Gasteiger partial charge in [-0.1, -0.05) is 25.6 Å². The highest BCUT2D eigenvalue weighted by atomic mass is 16.5. The van der Waals surface area contributed by atoms with Gasteiger partial charge in [-0.2, -0.15) is 0 Å². The van der Waals surface area contributed by atoms with Crippen molar-refractivity contribution in [3.8, 4) is 23.1 Å². The van der Waals surface area contributed by atoms with Crippen molar-refractivity contribution in [1.82, 2.24) is 20.3 Å². The topological polar surface area (TPSA) is 116 Å². The maximum atomic E-state index is 13.2. The van der Waals surface area contributed by atoms with Gasteiger partial charge in [0.15, 0.2) is 0 Å². The maximum absolute atomic E-state index is 13.2. The number of carbonyl (C=O) groups is 2. The number of carbonyl (C=O) groups excluding carboxylic acids is 2. The molecule has 10 heteroatoms. The van der Waals surface area contributed by atoms with E-state index in [1.807, 2.05) is 18.2 Å². The predicted molar refractivity (Wildman–Crippen MR) is 134 cm³/mol. The highest BCUT2D eigenvalue weighted by Gasteiger charge is 2.32. The molecule has 0 saturated heterocycles. The number of amides is 2. The van der Waals surface area contributed by atoms with Gasteiger partial charge in [0, 0.05) is 25.4 Å². The van der Waals surface area contributed by atoms with E-state index < -0.39 is 11.9 Å². The molecule has 0 unspecified atom stereocenters. The Balaban J connectivity index is 0.00000304. The third-order valence-electron chi connectivity index (χ3n) is 5.52. The van der Waals surface area contributed by atoms with Crippen molar-refractivity contribution in [1.29, 1.82) is 0 Å². The van der Waals surface area contributed by atoms with E-state index in [9.17, 15) is 9.59 Å². The average Bonchev–Trinajstić information content (AvgIpc) is 3.00. The first-order valence-corrected chi connectivity index (χ1v) is 10.8. The minimum absolute atomic E-state index is 0. The van der Waals surface area contributed by atoms with Gasteiger partial charge >= 0.3 is 0 Å². The van der Waals surface area contributed by atoms with Gasteiger partial charge in [-0.25, -0.2) is 9.97 Å². The number of benzene rings is 2. The van der Waals surface area contributed by atoms with Crippen LogP contribution in [0.2, 0.25) is 0 Å². The molecule has 36 heavy (non-hydrogen) atoms. The zero-order chi connectivity index (χ0) is 24.4. The van der Waals surface area contributed by atoms with Gasteiger partial charge < -0.3 is 24.4 Å². The molecule has 0 spiro atoms. The monoisotopic (exact) mass is 487 g/mol. The number of para-hydroxylation sites is 1. The van der Waals surface area contributed by atoms with E-state index in [1.54, 1.807) is 37.4 Å². The summed E-state index contributed by atoms with van der Waals surface area (Å²) < 4.78 is 17.0. The van der Waals surface area contributed by atoms with Crippen LogP contribution in [-0.4, -0.2) is 53.6 Å². The first-order chi connectivity index (χ1) is 17.0. The van der Waals surface area contributed by atoms with Gasteiger partial charge in [0.05, 0.1) is 23.7 Å². The Morgan fingerprint density at radius 2 is 1.89 bits per heavy atom. The number of hydrogen-bond acceptors (Lipinski definition) is 8. The highest BCUT2D eigenvalue weighted by Crippen LogP contribution is 2.36. The third kappa shape index (κ3) is 4.74. The van der Waals surface area contributed by atoms with Crippen molar-refractivity contribution in [3.63, 3.8) is 0 Å². The minimum Gasteiger partial charge on any atom is -0.489 e. The molecule has 10 nitrogen and oxygen atoms in total. The van der Waals surface area contributed by atoms with Crippen molar-refractivity contribution in [2.24, 2.45) is 0 Å². The third-order valence-corrected chi connectivity index (χ3v) is 5.52. The van der Waals surface area contributed by atoms with Crippen LogP contribution in [0.25, 0.3) is 10.9 Å². The molecule has 1 atom stereocenters. The van der Waals surface area contributed by atoms with Crippen molar-refractivity contribution in [2.75, 3.05) is 25.7 Å². The maximum Gasteiger partial charge on any atom is 0.270 e. The van der Waals surface area contributed by atoms with Crippen molar-refractivity contribution in [2.45, 2.75) is 13.5 Å². The number of ether oxygens (including phenoxy) is 3. The number of pyridine rings is 1. The standard InChI is InChI=1S/C25H21N5O5.CH4/c1-30-21-11-17-18(27-14-28-24(17)33-2)12-22(21)34-13-20(25(30)32)29-23(31)19-10-16(8-9-26-19)35-15-6-4-3-5-7-15;/h3-12,14,20H,13H2,1-2H3,(H,29,31);1H4/t20-;/m0./s1. The van der Waals surface area contributed by atoms with Gasteiger partial charge in [-0.05, 0) is 24.3 Å². The second kappa shape index (κ2) is 10.3. The molecule has 2 amide bonds. The smallest absolute Gasteiger partial charge is 0.270 e. The molecule has 0 fully saturated rings. The summed E-state index contributed by atoms with van der Waals surface area (Å²) in [4.78, 5) is 40.1. The number of nitrogens with zero attached hydrogens (tertiary/aromatic N) is 4. The van der Waals surface area contributed by atoms with Crippen LogP contribution in [0.5, 0.6) is 23.1 Å². The van der Waals surface area contributed by atoms with Gasteiger partial charge in [-0.15, -0.1) is 0 Å². The second-order valence-electron chi connectivity index (χ2n) is 7.75. The Bertz CT molecular complexity index is 1410. The number of rotatable bonds is 5. The summed E-state index contributed by atoms with van der Waals surface area (Å²) in [5, 5.41) is 3.36. The van der Waals surface area contributed by atoms with Crippen LogP contribution in [0.3, 0.4) is 0 Å². The van der Waals surface area contributed by atoms with Crippen LogP contribution in [0.4, 0.5) is 5.69 Å². The molecule has 184 valence electrons. The molecule has 3 heterocycles. The molecule has 2 aromatic carbocycles. The molecule has 1 aliphatic rings. The summed E-state index contributed by atoms with van der Waals surface area (Å²) in [5.74, 6) is 1.06. The van der Waals surface area contributed by atoms with E-state index >= 15 is 0 Å². The zero-order valence-electron chi connectivity index (χ0n) is 19.0. The Hall–Kier alpha value is -4.73. The summed E-state index contributed by atoms with van der Waals surface area (Å²) in [7, 11) is 3.13. The number of hydrogen-bond donors (Lipinski definition) is 1. The van der Waals surface area contributed by atoms with Crippen LogP contribution in [-0.2, 0) is 4.79 Å². The lowest BCUT2D eigenvalue weighted by molar-refractivity contribution is -0.120. The fourth-order valence-corrected chi connectivity index (χ4v) is 3.75. The molecular weight excluding hydrogens is 462 g/mol. The van der Waals surface area contributed by atoms with E-state index in [0.717, 1.165) is 0 Å². The van der Waals surface area contributed by atoms with E-state index in [1.165, 1.54) is 30.6 Å². The summed E-state index contributed by atoms with van der Waals surface area (Å²) in [6.45, 7) is -0.0597. The molecular formula is C26H25N5O5. The largest absolute Gasteiger partial charge is 0.489 e. The van der Waals surface area contributed by atoms with E-state index in [4.69, 9.17) is 14.2 Å². The predicted octanol–water partition coefficient (Wildman–Crippen LogP) is 3.62. The summed E-state index contributed by atoms with van der Waals surface area (Å²) in [5.41, 5.74) is 1.24. The number of aromatic nitrogens is 3. The van der Waals surface area contributed by atoms with Gasteiger partial charge in [0.25, 0.3) is 11.8 Å². The SMILES string of the molecule is C.COc1ncnc2cc3c(cc12)N(C)C(=O)[C@@H](NC(=O)c1cc(Oc2ccccc2)ccn1)CO3. The molecule has 1 aliphatic heterocycles. The lowest BCUT2D eigenvalue weighted by Crippen LogP contribution is -2.49. The number of nitrogens with one attached hydrogen (secondary N) is 1. The number of methoxy groups -OCH3 is 1. The lowest BCUT2D eigenvalue weighted by Gasteiger charge is -2.20. The van der Waals surface area contributed by atoms with E-state index in [0.29, 0.717) is 39.7 Å². The first-order valence-electron chi connectivity index (χ1n) is 10.8. The lowest BCUT2D eigenvalue weighted by atomic mass is 10.2. The van der Waals surface area contributed by atoms with Crippen LogP contribution < -0.4 is 24.4 Å². The van der Waals surface area contributed by atoms with Crippen LogP contribution in [0.1, 0.15) is 17.9 Å². The van der Waals surface area contributed by atoms with Crippen molar-refractivity contribution in [3.05, 3.63) is 72.8 Å². The Morgan fingerprint density at radius 3 is 2.67 bits per heavy atom. The first kappa shape index (κ1) is 24.4. The summed E-state index contributed by atoms with van der Waals surface area (Å²) in [6, 6.07) is 14.9. The molecule has 4 aromatic rings. The van der Waals surface area contributed by atoms with Gasteiger partial charge in [0.1, 0.15) is 41.9 Å². The van der Waals surface area contributed by atoms with Crippen LogP contribution >= 0.6 is 0 Å². The van der Waals surface area contributed by atoms with Gasteiger partial charge in [0.2, 0.25) is 5.88 Å². The molecule has 0 radical (unpaired) electrons. The Labute approximate surface area is 207 Å². The van der Waals surface area contributed by atoms with E-state index in [-0.39, 0.29) is 25.6 Å². The Kier molecular flexibility index (Phi) is 6.95. The minimum atomic E-state index is -0.934. The average molecular weight is 488 g/mol. The van der Waals surface area contributed by atoms with Crippen LogP contribution in [0.15, 0.2) is 67.1 Å². The Morgan fingerprint density at radius 1 is 1.08 bits per heavy atom. The fourth-order valence-electron chi connectivity index (χ4n) is 3.75. The molecule has 5 rings (SSSR count). The zero-order valence-corrected chi connectivity index (χ0v) is 19.0. The molecule has 0 aliphatic carbocycles. The summed E-state index contributed by atoms with van der Waals surface area (Å²) >= 11 is 0. The fraction of sp³-hybridized carbons (Fsp3) is 0.192. The molecule has 0 bridgehead atoms. The van der Waals surface area contributed by atoms with Crippen molar-refractivity contribution < 1.29 is 23.8 Å². The second-order valence-corrected chi connectivity index (χ2v) is 7.75. The normalized spacial score (nSPS) is 14.7. The molecule has 1 N–H and O–H groups in total. The quantitative estimate of drug-likeness (QED) is 0.454. The van der Waals surface area contributed by atoms with E-state index in [2.05, 4.69) is 20.3 Å². The molecule has 2 aromatic heterocycles. The summed E-state index contributed by atoms with van der Waals surface area (Å²) in [6.07, 6.45) is 2.87. The number of anilines is 1. The molecule has 0 saturated carbocycles. The number of likely N-dealkylation sites (N-methyl/N-ethyl adjacent to an activating group) is 1. The van der Waals surface area contributed by atoms with Crippen molar-refractivity contribution >= 4 is 28.4 Å². The van der Waals surface area contributed by atoms with Gasteiger partial charge in [-0.3, -0.25) is 14.6 Å². The number of fused-ring (bicyclic) bond motifs is 2.